The number of aryl methyl sites for hydroxylation is 1. The van der Waals surface area contributed by atoms with E-state index in [2.05, 4.69) is 51.0 Å². The van der Waals surface area contributed by atoms with Crippen molar-refractivity contribution >= 4 is 13.2 Å². The van der Waals surface area contributed by atoms with E-state index in [0.29, 0.717) is 6.54 Å². The van der Waals surface area contributed by atoms with Crippen molar-refractivity contribution in [3.63, 3.8) is 0 Å². The van der Waals surface area contributed by atoms with E-state index in [-0.39, 0.29) is 18.3 Å². The number of pyridine rings is 1. The lowest BCUT2D eigenvalue weighted by atomic mass is 9.77. The lowest BCUT2D eigenvalue weighted by Gasteiger charge is -2.32. The summed E-state index contributed by atoms with van der Waals surface area (Å²) in [5.74, 6) is 0. The lowest BCUT2D eigenvalue weighted by molar-refractivity contribution is 0.00578. The van der Waals surface area contributed by atoms with Gasteiger partial charge in [-0.25, -0.2) is 0 Å². The highest BCUT2D eigenvalue weighted by atomic mass is 16.7. The summed E-state index contributed by atoms with van der Waals surface area (Å²) in [6.45, 7) is 11.0. The lowest BCUT2D eigenvalue weighted by Crippen LogP contribution is -2.41. The number of hydrogen-bond donors (Lipinski definition) is 1. The van der Waals surface area contributed by atoms with Gasteiger partial charge in [-0.3, -0.25) is 4.98 Å². The number of rotatable bonds is 4. The Labute approximate surface area is 128 Å². The molecule has 0 bridgehead atoms. The zero-order chi connectivity index (χ0) is 15.7. The van der Waals surface area contributed by atoms with Crippen LogP contribution in [0.25, 0.3) is 6.08 Å². The van der Waals surface area contributed by atoms with E-state index in [1.807, 2.05) is 25.4 Å². The molecular weight excluding hydrogens is 263 g/mol. The molecule has 1 aliphatic heterocycles. The van der Waals surface area contributed by atoms with Crippen molar-refractivity contribution in [2.24, 2.45) is 0 Å². The summed E-state index contributed by atoms with van der Waals surface area (Å²) in [6.07, 6.45) is 3.87. The van der Waals surface area contributed by atoms with Crippen molar-refractivity contribution in [1.82, 2.24) is 10.3 Å². The average molecular weight is 288 g/mol. The van der Waals surface area contributed by atoms with E-state index in [1.54, 1.807) is 0 Å². The summed E-state index contributed by atoms with van der Waals surface area (Å²) in [5, 5.41) is 3.18. The zero-order valence-electron chi connectivity index (χ0n) is 13.9. The van der Waals surface area contributed by atoms with E-state index in [0.717, 1.165) is 11.2 Å². The van der Waals surface area contributed by atoms with Crippen molar-refractivity contribution < 1.29 is 9.31 Å². The van der Waals surface area contributed by atoms with Crippen LogP contribution in [0.5, 0.6) is 0 Å². The first-order valence-electron chi connectivity index (χ1n) is 7.38. The summed E-state index contributed by atoms with van der Waals surface area (Å²) >= 11 is 0. The Morgan fingerprint density at radius 1 is 1.29 bits per heavy atom. The average Bonchev–Trinajstić information content (AvgIpc) is 2.58. The quantitative estimate of drug-likeness (QED) is 0.865. The van der Waals surface area contributed by atoms with Crippen LogP contribution >= 0.6 is 0 Å². The van der Waals surface area contributed by atoms with Crippen LogP contribution in [0.15, 0.2) is 23.8 Å². The van der Waals surface area contributed by atoms with Crippen LogP contribution in [0.4, 0.5) is 0 Å². The molecule has 0 saturated carbocycles. The first kappa shape index (κ1) is 16.2. The molecule has 1 aromatic rings. The van der Waals surface area contributed by atoms with Crippen LogP contribution in [0.3, 0.4) is 0 Å². The molecule has 1 saturated heterocycles. The summed E-state index contributed by atoms with van der Waals surface area (Å²) in [4.78, 5) is 4.39. The monoisotopic (exact) mass is 288 g/mol. The van der Waals surface area contributed by atoms with Crippen LogP contribution in [0.1, 0.15) is 39.0 Å². The molecule has 0 radical (unpaired) electrons. The van der Waals surface area contributed by atoms with Crippen LogP contribution in [0, 0.1) is 6.92 Å². The van der Waals surface area contributed by atoms with Gasteiger partial charge in [0.05, 0.1) is 16.9 Å². The maximum Gasteiger partial charge on any atom is 0.491 e. The Morgan fingerprint density at radius 2 is 1.90 bits per heavy atom. The molecule has 1 aromatic heterocycles. The van der Waals surface area contributed by atoms with E-state index < -0.39 is 0 Å². The molecule has 114 valence electrons. The molecular formula is C16H25BN2O2. The van der Waals surface area contributed by atoms with Crippen molar-refractivity contribution in [1.29, 1.82) is 0 Å². The number of aromatic nitrogens is 1. The fraction of sp³-hybridized carbons (Fsp3) is 0.562. The minimum atomic E-state index is -0.343. The molecule has 21 heavy (non-hydrogen) atoms. The summed E-state index contributed by atoms with van der Waals surface area (Å²) in [7, 11) is 1.58. The standard InChI is InChI=1S/C16H25BN2O2/c1-12-7-8-19-14(9-12)10-13(11-18-6)17-20-15(2,3)16(4,5)21-17/h7-10,18H,11H2,1-6H3. The SMILES string of the molecule is CNCC(=Cc1cc(C)ccn1)B1OC(C)(C)C(C)(C)O1. The maximum absolute atomic E-state index is 6.12. The van der Waals surface area contributed by atoms with Crippen molar-refractivity contribution in [3.8, 4) is 0 Å². The Bertz CT molecular complexity index is 525. The molecule has 1 aliphatic rings. The fourth-order valence-electron chi connectivity index (χ4n) is 2.23. The van der Waals surface area contributed by atoms with Gasteiger partial charge in [0.25, 0.3) is 0 Å². The molecule has 1 N–H and O–H groups in total. The second-order valence-corrected chi connectivity index (χ2v) is 6.60. The second-order valence-electron chi connectivity index (χ2n) is 6.60. The number of nitrogens with one attached hydrogen (secondary N) is 1. The molecule has 0 amide bonds. The number of hydrogen-bond acceptors (Lipinski definition) is 4. The van der Waals surface area contributed by atoms with Gasteiger partial charge in [-0.15, -0.1) is 0 Å². The van der Waals surface area contributed by atoms with Gasteiger partial charge in [0.2, 0.25) is 0 Å². The van der Waals surface area contributed by atoms with Crippen LogP contribution < -0.4 is 5.32 Å². The molecule has 2 rings (SSSR count). The Kier molecular flexibility index (Phi) is 4.56. The van der Waals surface area contributed by atoms with Crippen LogP contribution in [-0.4, -0.2) is 36.9 Å². The molecule has 2 heterocycles. The molecule has 1 fully saturated rings. The zero-order valence-corrected chi connectivity index (χ0v) is 13.9. The van der Waals surface area contributed by atoms with Gasteiger partial charge in [0.1, 0.15) is 0 Å². The van der Waals surface area contributed by atoms with Crippen molar-refractivity contribution in [2.45, 2.75) is 45.8 Å². The molecule has 0 unspecified atom stereocenters. The molecule has 0 atom stereocenters. The smallest absolute Gasteiger partial charge is 0.400 e. The minimum absolute atomic E-state index is 0.329. The topological polar surface area (TPSA) is 43.4 Å². The van der Waals surface area contributed by atoms with Gasteiger partial charge in [-0.05, 0) is 70.9 Å². The van der Waals surface area contributed by atoms with Gasteiger partial charge in [0.15, 0.2) is 0 Å². The predicted molar refractivity (Wildman–Crippen MR) is 87.0 cm³/mol. The molecule has 0 aliphatic carbocycles. The third-order valence-corrected chi connectivity index (χ3v) is 4.21. The van der Waals surface area contributed by atoms with E-state index in [1.165, 1.54) is 5.56 Å². The molecule has 5 heteroatoms. The normalized spacial score (nSPS) is 20.9. The predicted octanol–water partition coefficient (Wildman–Crippen LogP) is 2.62. The van der Waals surface area contributed by atoms with Crippen molar-refractivity contribution in [2.75, 3.05) is 13.6 Å². The molecule has 0 spiro atoms. The van der Waals surface area contributed by atoms with Gasteiger partial charge in [0, 0.05) is 12.7 Å². The summed E-state index contributed by atoms with van der Waals surface area (Å²) in [5.41, 5.74) is 2.51. The van der Waals surface area contributed by atoms with Gasteiger partial charge < -0.3 is 14.6 Å². The Balaban J connectivity index is 2.28. The van der Waals surface area contributed by atoms with Crippen LogP contribution in [-0.2, 0) is 9.31 Å². The minimum Gasteiger partial charge on any atom is -0.400 e. The summed E-state index contributed by atoms with van der Waals surface area (Å²) in [6, 6.07) is 4.05. The molecule has 4 nitrogen and oxygen atoms in total. The van der Waals surface area contributed by atoms with Gasteiger partial charge in [-0.1, -0.05) is 0 Å². The van der Waals surface area contributed by atoms with E-state index >= 15 is 0 Å². The third kappa shape index (κ3) is 3.54. The Morgan fingerprint density at radius 3 is 2.43 bits per heavy atom. The first-order valence-corrected chi connectivity index (χ1v) is 7.38. The summed E-state index contributed by atoms with van der Waals surface area (Å²) < 4.78 is 12.2. The second kappa shape index (κ2) is 5.91. The number of likely N-dealkylation sites (N-methyl/N-ethyl adjacent to an activating group) is 1. The molecule has 0 aromatic carbocycles. The largest absolute Gasteiger partial charge is 0.491 e. The highest BCUT2D eigenvalue weighted by Crippen LogP contribution is 2.38. The highest BCUT2D eigenvalue weighted by Gasteiger charge is 2.52. The van der Waals surface area contributed by atoms with E-state index in [4.69, 9.17) is 9.31 Å². The Hall–Kier alpha value is -1.17. The van der Waals surface area contributed by atoms with Crippen LogP contribution in [0.2, 0.25) is 0 Å². The van der Waals surface area contributed by atoms with Crippen molar-refractivity contribution in [3.05, 3.63) is 35.1 Å². The first-order chi connectivity index (χ1) is 9.75. The van der Waals surface area contributed by atoms with Gasteiger partial charge in [-0.2, -0.15) is 0 Å². The fourth-order valence-corrected chi connectivity index (χ4v) is 2.23. The number of nitrogens with zero attached hydrogens (tertiary/aromatic N) is 1. The van der Waals surface area contributed by atoms with E-state index in [9.17, 15) is 0 Å². The van der Waals surface area contributed by atoms with Gasteiger partial charge >= 0.3 is 7.12 Å². The highest BCUT2D eigenvalue weighted by molar-refractivity contribution is 6.55. The maximum atomic E-state index is 6.12. The third-order valence-electron chi connectivity index (χ3n) is 4.21.